The number of aromatic amines is 2. The van der Waals surface area contributed by atoms with Crippen molar-refractivity contribution in [2.75, 3.05) is 0 Å². The van der Waals surface area contributed by atoms with Gasteiger partial charge in [-0.15, -0.1) is 0 Å². The average molecular weight is 497 g/mol. The van der Waals surface area contributed by atoms with E-state index >= 15 is 0 Å². The second-order valence-corrected chi connectivity index (χ2v) is 8.82. The number of nitrogens with one attached hydrogen (secondary N) is 3. The minimum Gasteiger partial charge on any atom is -0.480 e. The van der Waals surface area contributed by atoms with Crippen LogP contribution in [0.4, 0.5) is 0 Å². The summed E-state index contributed by atoms with van der Waals surface area (Å²) in [5.41, 5.74) is 1.27. The van der Waals surface area contributed by atoms with Crippen molar-refractivity contribution < 1.29 is 14.7 Å². The van der Waals surface area contributed by atoms with E-state index in [1.54, 1.807) is 54.7 Å². The molecule has 4 N–H and O–H groups in total. The fourth-order valence-electron chi connectivity index (χ4n) is 4.59. The summed E-state index contributed by atoms with van der Waals surface area (Å²) in [6.07, 6.45) is 1.76. The van der Waals surface area contributed by atoms with Crippen LogP contribution in [0.15, 0.2) is 94.6 Å². The summed E-state index contributed by atoms with van der Waals surface area (Å²) in [5, 5.41) is 13.6. The van der Waals surface area contributed by atoms with Crippen molar-refractivity contribution in [1.82, 2.24) is 19.9 Å². The number of carbonyl (C=O) groups is 2. The number of carbonyl (C=O) groups excluding carboxylic acids is 1. The lowest BCUT2D eigenvalue weighted by Crippen LogP contribution is -2.50. The van der Waals surface area contributed by atoms with Crippen molar-refractivity contribution in [3.05, 3.63) is 117 Å². The zero-order chi connectivity index (χ0) is 25.9. The Morgan fingerprint density at radius 3 is 2.22 bits per heavy atom. The van der Waals surface area contributed by atoms with Crippen LogP contribution < -0.4 is 16.6 Å². The van der Waals surface area contributed by atoms with Gasteiger partial charge in [-0.05, 0) is 29.3 Å². The highest BCUT2D eigenvalue weighted by Crippen LogP contribution is 2.20. The van der Waals surface area contributed by atoms with Gasteiger partial charge in [0, 0.05) is 29.9 Å². The van der Waals surface area contributed by atoms with Crippen molar-refractivity contribution in [2.24, 2.45) is 0 Å². The number of aliphatic carboxylic acids is 1. The molecule has 3 aromatic carbocycles. The molecule has 0 radical (unpaired) electrons. The smallest absolute Gasteiger partial charge is 0.329 e. The fourth-order valence-corrected chi connectivity index (χ4v) is 4.59. The molecule has 0 spiro atoms. The van der Waals surface area contributed by atoms with Crippen molar-refractivity contribution in [3.63, 3.8) is 0 Å². The molecule has 0 fully saturated rings. The van der Waals surface area contributed by atoms with Gasteiger partial charge >= 0.3 is 11.7 Å². The van der Waals surface area contributed by atoms with Crippen LogP contribution in [-0.2, 0) is 22.4 Å². The summed E-state index contributed by atoms with van der Waals surface area (Å²) < 4.78 is 0.870. The van der Waals surface area contributed by atoms with E-state index in [1.807, 2.05) is 30.3 Å². The van der Waals surface area contributed by atoms with E-state index in [-0.39, 0.29) is 18.2 Å². The van der Waals surface area contributed by atoms with E-state index in [2.05, 4.69) is 15.3 Å². The Kier molecular flexibility index (Phi) is 6.42. The number of aromatic nitrogens is 3. The second kappa shape index (κ2) is 9.98. The van der Waals surface area contributed by atoms with E-state index in [1.165, 1.54) is 0 Å². The van der Waals surface area contributed by atoms with Gasteiger partial charge in [0.1, 0.15) is 12.1 Å². The molecular weight excluding hydrogens is 472 g/mol. The predicted octanol–water partition coefficient (Wildman–Crippen LogP) is 2.77. The molecule has 0 bridgehead atoms. The molecule has 9 nitrogen and oxygen atoms in total. The summed E-state index contributed by atoms with van der Waals surface area (Å²) in [5.74, 6) is -1.96. The first-order chi connectivity index (χ1) is 17.9. The van der Waals surface area contributed by atoms with Gasteiger partial charge < -0.3 is 20.4 Å². The number of hydrogen-bond acceptors (Lipinski definition) is 4. The number of hydrogen-bond donors (Lipinski definition) is 4. The topological polar surface area (TPSA) is 137 Å². The van der Waals surface area contributed by atoms with Crippen molar-refractivity contribution >= 4 is 33.7 Å². The largest absolute Gasteiger partial charge is 0.480 e. The first-order valence-corrected chi connectivity index (χ1v) is 11.8. The maximum Gasteiger partial charge on any atom is 0.329 e. The number of para-hydroxylation sites is 2. The van der Waals surface area contributed by atoms with Crippen molar-refractivity contribution in [2.45, 2.75) is 24.9 Å². The van der Waals surface area contributed by atoms with Crippen LogP contribution in [0, 0.1) is 0 Å². The lowest BCUT2D eigenvalue weighted by atomic mass is 10.0. The van der Waals surface area contributed by atoms with Gasteiger partial charge in [-0.3, -0.25) is 9.59 Å². The van der Waals surface area contributed by atoms with Gasteiger partial charge in [-0.2, -0.15) is 0 Å². The van der Waals surface area contributed by atoms with Crippen LogP contribution >= 0.6 is 0 Å². The standard InChI is InChI=1S/C28H24N4O5/c33-25(30-23(27(35)36)15-18-16-29-21-12-6-4-10-19(18)21)24(14-17-8-2-1-3-9-17)32-26(34)20-11-5-7-13-22(20)31-28(32)37/h1-13,16,23-24,29H,14-15H2,(H,30,33)(H,31,37)(H,35,36)/t23-,24+/m0/s1. The minimum atomic E-state index is -1.28. The zero-order valence-corrected chi connectivity index (χ0v) is 19.7. The van der Waals surface area contributed by atoms with Gasteiger partial charge in [0.05, 0.1) is 10.9 Å². The number of amides is 1. The van der Waals surface area contributed by atoms with E-state index < -0.39 is 35.2 Å². The molecule has 1 amide bonds. The molecule has 186 valence electrons. The van der Waals surface area contributed by atoms with Crippen LogP contribution in [0.5, 0.6) is 0 Å². The summed E-state index contributed by atoms with van der Waals surface area (Å²) in [7, 11) is 0. The predicted molar refractivity (Wildman–Crippen MR) is 140 cm³/mol. The molecule has 0 aliphatic heterocycles. The average Bonchev–Trinajstić information content (AvgIpc) is 3.31. The summed E-state index contributed by atoms with van der Waals surface area (Å²) in [4.78, 5) is 57.9. The van der Waals surface area contributed by atoms with Crippen LogP contribution in [0.1, 0.15) is 17.2 Å². The molecule has 5 aromatic rings. The number of H-pyrrole nitrogens is 2. The summed E-state index contributed by atoms with van der Waals surface area (Å²) in [6, 6.07) is 20.4. The molecule has 5 rings (SSSR count). The third kappa shape index (κ3) is 4.79. The highest BCUT2D eigenvalue weighted by molar-refractivity contribution is 5.88. The molecule has 9 heteroatoms. The van der Waals surface area contributed by atoms with Crippen LogP contribution in [0.2, 0.25) is 0 Å². The lowest BCUT2D eigenvalue weighted by Gasteiger charge is -2.22. The van der Waals surface area contributed by atoms with Crippen LogP contribution in [0.25, 0.3) is 21.8 Å². The first kappa shape index (κ1) is 23.8. The number of rotatable bonds is 8. The van der Waals surface area contributed by atoms with E-state index in [0.717, 1.165) is 21.0 Å². The summed E-state index contributed by atoms with van der Waals surface area (Å²) >= 11 is 0. The first-order valence-electron chi connectivity index (χ1n) is 11.8. The Hall–Kier alpha value is -4.92. The van der Waals surface area contributed by atoms with E-state index in [9.17, 15) is 24.3 Å². The van der Waals surface area contributed by atoms with Crippen molar-refractivity contribution in [3.8, 4) is 0 Å². The zero-order valence-electron chi connectivity index (χ0n) is 19.7. The van der Waals surface area contributed by atoms with Crippen LogP contribution in [-0.4, -0.2) is 37.6 Å². The Labute approximate surface area is 210 Å². The number of carboxylic acids is 1. The molecule has 2 aromatic heterocycles. The SMILES string of the molecule is O=C(O)[C@H](Cc1c[nH]c2ccccc12)NC(=O)[C@@H](Cc1ccccc1)n1c(=O)[nH]c2ccccc2c1=O. The maximum absolute atomic E-state index is 13.6. The van der Waals surface area contributed by atoms with Gasteiger partial charge in [0.25, 0.3) is 5.56 Å². The molecule has 0 unspecified atom stereocenters. The second-order valence-electron chi connectivity index (χ2n) is 8.82. The number of carboxylic acid groups (broad SMARTS) is 1. The number of benzene rings is 3. The molecule has 0 aliphatic rings. The third-order valence-electron chi connectivity index (χ3n) is 6.44. The van der Waals surface area contributed by atoms with Gasteiger partial charge in [0.15, 0.2) is 0 Å². The number of fused-ring (bicyclic) bond motifs is 2. The fraction of sp³-hybridized carbons (Fsp3) is 0.143. The number of nitrogens with zero attached hydrogens (tertiary/aromatic N) is 1. The highest BCUT2D eigenvalue weighted by atomic mass is 16.4. The normalized spacial score (nSPS) is 12.9. The summed E-state index contributed by atoms with van der Waals surface area (Å²) in [6.45, 7) is 0. The van der Waals surface area contributed by atoms with Gasteiger partial charge in [0.2, 0.25) is 5.91 Å². The monoisotopic (exact) mass is 496 g/mol. The third-order valence-corrected chi connectivity index (χ3v) is 6.44. The molecule has 2 heterocycles. The van der Waals surface area contributed by atoms with Crippen LogP contribution in [0.3, 0.4) is 0 Å². The lowest BCUT2D eigenvalue weighted by molar-refractivity contribution is -0.142. The van der Waals surface area contributed by atoms with Gasteiger partial charge in [-0.1, -0.05) is 60.7 Å². The Balaban J connectivity index is 1.52. The Morgan fingerprint density at radius 1 is 0.838 bits per heavy atom. The molecule has 37 heavy (non-hydrogen) atoms. The van der Waals surface area contributed by atoms with E-state index in [0.29, 0.717) is 11.1 Å². The highest BCUT2D eigenvalue weighted by Gasteiger charge is 2.30. The van der Waals surface area contributed by atoms with Gasteiger partial charge in [-0.25, -0.2) is 14.2 Å². The molecule has 0 aliphatic carbocycles. The van der Waals surface area contributed by atoms with Crippen molar-refractivity contribution in [1.29, 1.82) is 0 Å². The molecule has 0 saturated carbocycles. The van der Waals surface area contributed by atoms with E-state index in [4.69, 9.17) is 0 Å². The Morgan fingerprint density at radius 2 is 1.49 bits per heavy atom. The molecule has 2 atom stereocenters. The molecular formula is C28H24N4O5. The quantitative estimate of drug-likeness (QED) is 0.262. The molecule has 0 saturated heterocycles. The minimum absolute atomic E-state index is 0.0200. The Bertz CT molecular complexity index is 1720. The maximum atomic E-state index is 13.6.